The molecule has 0 radical (unpaired) electrons. The second-order valence-electron chi connectivity index (χ2n) is 15.5. The van der Waals surface area contributed by atoms with Gasteiger partial charge in [-0.1, -0.05) is 72.2 Å². The molecule has 2 saturated heterocycles. The highest BCUT2D eigenvalue weighted by molar-refractivity contribution is 8.34. The molecule has 6 heteroatoms. The van der Waals surface area contributed by atoms with E-state index in [2.05, 4.69) is 85.1 Å². The topological polar surface area (TPSA) is 71.4 Å². The van der Waals surface area contributed by atoms with Crippen LogP contribution < -0.4 is 0 Å². The van der Waals surface area contributed by atoms with E-state index in [4.69, 9.17) is 0 Å². The average molecular weight is 723 g/mol. The Labute approximate surface area is 309 Å². The zero-order valence-corrected chi connectivity index (χ0v) is 34.1. The summed E-state index contributed by atoms with van der Waals surface area (Å²) in [5, 5.41) is 11.5. The van der Waals surface area contributed by atoms with Crippen molar-refractivity contribution in [1.29, 1.82) is 0 Å². The maximum atomic E-state index is 12.6. The molecule has 0 bridgehead atoms. The quantitative estimate of drug-likeness (QED) is 0.249. The first-order chi connectivity index (χ1) is 23.5. The van der Waals surface area contributed by atoms with E-state index >= 15 is 0 Å². The van der Waals surface area contributed by atoms with Gasteiger partial charge in [-0.05, 0) is 127 Å². The van der Waals surface area contributed by atoms with Gasteiger partial charge in [0.2, 0.25) is 0 Å². The van der Waals surface area contributed by atoms with Crippen LogP contribution in [0.25, 0.3) is 5.57 Å². The van der Waals surface area contributed by atoms with E-state index in [-0.39, 0.29) is 10.8 Å². The number of benzene rings is 1. The molecule has 2 aliphatic heterocycles. The van der Waals surface area contributed by atoms with Crippen molar-refractivity contribution in [3.63, 3.8) is 0 Å². The van der Waals surface area contributed by atoms with Crippen molar-refractivity contribution >= 4 is 31.4 Å². The molecule has 0 amide bonds. The first-order valence-corrected chi connectivity index (χ1v) is 22.3. The SMILES string of the molecule is C#C.C#C.C#C.C=CC.CC.CC1(C)C(c2ccc(S(C)(=O)=O)cc2)=CC[C@@]2(C)C1CC[C@]1(C)C2CCS2(C)C3CCC[C@]3(C(=O)O)CCC12. The summed E-state index contributed by atoms with van der Waals surface area (Å²) >= 11 is 0. The van der Waals surface area contributed by atoms with E-state index in [0.29, 0.717) is 32.6 Å². The first kappa shape index (κ1) is 45.2. The molecule has 1 aromatic carbocycles. The predicted molar refractivity (Wildman–Crippen MR) is 219 cm³/mol. The lowest BCUT2D eigenvalue weighted by Crippen LogP contribution is -2.63. The predicted octanol–water partition coefficient (Wildman–Crippen LogP) is 10.5. The van der Waals surface area contributed by atoms with Crippen molar-refractivity contribution in [1.82, 2.24) is 0 Å². The van der Waals surface area contributed by atoms with Crippen LogP contribution in [0.5, 0.6) is 0 Å². The van der Waals surface area contributed by atoms with Crippen LogP contribution in [-0.2, 0) is 14.6 Å². The van der Waals surface area contributed by atoms with Crippen molar-refractivity contribution in [3.8, 4) is 38.5 Å². The van der Waals surface area contributed by atoms with Gasteiger partial charge >= 0.3 is 5.97 Å². The molecule has 4 nitrogen and oxygen atoms in total. The first-order valence-electron chi connectivity index (χ1n) is 18.1. The fraction of sp³-hybridized carbons (Fsp3) is 0.614. The molecule has 278 valence electrons. The molecular weight excluding hydrogens is 657 g/mol. The van der Waals surface area contributed by atoms with Gasteiger partial charge in [-0.15, -0.1) is 45.1 Å². The summed E-state index contributed by atoms with van der Waals surface area (Å²) in [5.41, 5.74) is 2.61. The van der Waals surface area contributed by atoms with Crippen molar-refractivity contribution in [3.05, 3.63) is 48.6 Å². The lowest BCUT2D eigenvalue weighted by atomic mass is 9.42. The Morgan fingerprint density at radius 2 is 1.40 bits per heavy atom. The van der Waals surface area contributed by atoms with Gasteiger partial charge in [0, 0.05) is 11.5 Å². The molecule has 2 saturated carbocycles. The molecule has 3 aliphatic carbocycles. The van der Waals surface area contributed by atoms with E-state index in [9.17, 15) is 18.3 Å². The lowest BCUT2D eigenvalue weighted by Gasteiger charge is -2.72. The number of carbonyl (C=O) groups is 1. The molecule has 0 spiro atoms. The van der Waals surface area contributed by atoms with E-state index in [1.165, 1.54) is 36.8 Å². The minimum atomic E-state index is -3.21. The van der Waals surface area contributed by atoms with Gasteiger partial charge in [-0.3, -0.25) is 4.79 Å². The summed E-state index contributed by atoms with van der Waals surface area (Å²) < 4.78 is 24.1. The van der Waals surface area contributed by atoms with Crippen molar-refractivity contribution < 1.29 is 18.3 Å². The number of rotatable bonds is 3. The average Bonchev–Trinajstić information content (AvgIpc) is 3.55. The second-order valence-corrected chi connectivity index (χ2v) is 21.5. The highest BCUT2D eigenvalue weighted by atomic mass is 32.3. The number of terminal acetylenes is 3. The molecule has 5 unspecified atom stereocenters. The zero-order valence-electron chi connectivity index (χ0n) is 32.5. The minimum Gasteiger partial charge on any atom is -0.481 e. The third kappa shape index (κ3) is 7.52. The standard InChI is InChI=1S/C33H48O4S2.C3H6.C2H6.3C2H2/c1-30(2)24(22-9-11-23(12-10-22)39(6,36)37)13-18-31(3)25(30)14-19-32(4)26(31)16-21-38(5)27(32)15-20-33(29(34)35)17-7-8-28(33)38;1-3-2;4*1-2/h9-13,25-28H,7-8,14-21H2,1-6H3,(H,34,35);3H,1H2,2H3;1-2H3;3*1-2H/t25?,26?,27?,28?,31-,32+,33-;;;;;/m0...../s1. The third-order valence-corrected chi connectivity index (χ3v) is 19.4. The summed E-state index contributed by atoms with van der Waals surface area (Å²) in [5.74, 6) is 1.99. The summed E-state index contributed by atoms with van der Waals surface area (Å²) in [6.45, 7) is 19.3. The largest absolute Gasteiger partial charge is 0.481 e. The Hall–Kier alpha value is -2.85. The number of hydrogen-bond acceptors (Lipinski definition) is 3. The number of carboxylic acid groups (broad SMARTS) is 1. The van der Waals surface area contributed by atoms with Gasteiger partial charge in [-0.2, -0.15) is 0 Å². The van der Waals surface area contributed by atoms with E-state index in [1.807, 2.05) is 32.9 Å². The molecule has 6 rings (SSSR count). The summed E-state index contributed by atoms with van der Waals surface area (Å²) in [7, 11) is -4.21. The van der Waals surface area contributed by atoms with E-state index < -0.39 is 31.2 Å². The Kier molecular flexibility index (Phi) is 15.9. The van der Waals surface area contributed by atoms with Gasteiger partial charge in [0.15, 0.2) is 9.84 Å². The molecule has 4 fully saturated rings. The van der Waals surface area contributed by atoms with Gasteiger partial charge in [0.05, 0.1) is 10.3 Å². The van der Waals surface area contributed by atoms with Crippen LogP contribution in [0.2, 0.25) is 0 Å². The smallest absolute Gasteiger partial charge is 0.310 e. The molecule has 8 atom stereocenters. The van der Waals surface area contributed by atoms with Gasteiger partial charge < -0.3 is 5.11 Å². The van der Waals surface area contributed by atoms with Crippen LogP contribution in [0.1, 0.15) is 112 Å². The number of sulfone groups is 1. The minimum absolute atomic E-state index is 0.00498. The monoisotopic (exact) mass is 722 g/mol. The number of hydrogen-bond donors (Lipinski definition) is 1. The molecule has 1 N–H and O–H groups in total. The maximum Gasteiger partial charge on any atom is 0.310 e. The van der Waals surface area contributed by atoms with Crippen LogP contribution in [0.4, 0.5) is 0 Å². The molecule has 50 heavy (non-hydrogen) atoms. The molecule has 1 aromatic rings. The fourth-order valence-corrected chi connectivity index (χ4v) is 18.1. The van der Waals surface area contributed by atoms with Crippen molar-refractivity contribution in [2.75, 3.05) is 18.3 Å². The van der Waals surface area contributed by atoms with Gasteiger partial charge in [0.1, 0.15) is 0 Å². The van der Waals surface area contributed by atoms with Crippen LogP contribution in [0.3, 0.4) is 0 Å². The summed E-state index contributed by atoms with van der Waals surface area (Å²) in [6.07, 6.45) is 42.0. The van der Waals surface area contributed by atoms with E-state index in [1.54, 1.807) is 18.2 Å². The zero-order chi connectivity index (χ0) is 38.9. The van der Waals surface area contributed by atoms with Crippen molar-refractivity contribution in [2.24, 2.45) is 33.5 Å². The molecule has 2 heterocycles. The highest BCUT2D eigenvalue weighted by Crippen LogP contribution is 2.79. The Morgan fingerprint density at radius 1 is 0.860 bits per heavy atom. The Bertz CT molecular complexity index is 1500. The number of carboxylic acids is 1. The fourth-order valence-electron chi connectivity index (χ4n) is 11.5. The van der Waals surface area contributed by atoms with Gasteiger partial charge in [0.25, 0.3) is 0 Å². The Morgan fingerprint density at radius 3 is 1.90 bits per heavy atom. The van der Waals surface area contributed by atoms with E-state index in [0.717, 1.165) is 44.1 Å². The second kappa shape index (κ2) is 17.6. The van der Waals surface area contributed by atoms with Crippen LogP contribution in [0, 0.1) is 72.0 Å². The Balaban J connectivity index is 0.00000103. The number of aliphatic carboxylic acids is 1. The molecule has 0 aromatic heterocycles. The maximum absolute atomic E-state index is 12.6. The number of allylic oxidation sites excluding steroid dienone is 3. The summed E-state index contributed by atoms with van der Waals surface area (Å²) in [6, 6.07) is 7.54. The third-order valence-electron chi connectivity index (χ3n) is 13.1. The lowest BCUT2D eigenvalue weighted by molar-refractivity contribution is -0.149. The van der Waals surface area contributed by atoms with Crippen molar-refractivity contribution in [2.45, 2.75) is 122 Å². The van der Waals surface area contributed by atoms with Crippen LogP contribution in [-0.4, -0.2) is 48.3 Å². The molecule has 5 aliphatic rings. The highest BCUT2D eigenvalue weighted by Gasteiger charge is 2.68. The molecular formula is C44H66O4S2. The van der Waals surface area contributed by atoms with Gasteiger partial charge in [-0.25, -0.2) is 18.4 Å². The van der Waals surface area contributed by atoms with Crippen LogP contribution in [0.15, 0.2) is 47.9 Å². The normalized spacial score (nSPS) is 36.7. The summed E-state index contributed by atoms with van der Waals surface area (Å²) in [4.78, 5) is 13.0. The number of fused-ring (bicyclic) bond motifs is 7. The van der Waals surface area contributed by atoms with Crippen LogP contribution >= 0.6 is 10.0 Å².